The van der Waals surface area contributed by atoms with Gasteiger partial charge in [-0.15, -0.1) is 11.3 Å². The fourth-order valence-corrected chi connectivity index (χ4v) is 5.48. The number of ether oxygens (including phenoxy) is 2. The van der Waals surface area contributed by atoms with Crippen molar-refractivity contribution in [3.05, 3.63) is 85.2 Å². The fraction of sp³-hybridized carbons (Fsp3) is 0.231. The van der Waals surface area contributed by atoms with Gasteiger partial charge in [0.2, 0.25) is 0 Å². The zero-order valence-corrected chi connectivity index (χ0v) is 19.8. The molecule has 1 aliphatic rings. The van der Waals surface area contributed by atoms with Gasteiger partial charge in [0.1, 0.15) is 17.3 Å². The quantitative estimate of drug-likeness (QED) is 0.354. The molecular formula is C26H23ClN2O3S. The first kappa shape index (κ1) is 21.7. The molecule has 0 saturated carbocycles. The summed E-state index contributed by atoms with van der Waals surface area (Å²) in [5.74, 6) is 1.84. The molecule has 2 aromatic heterocycles. The van der Waals surface area contributed by atoms with Gasteiger partial charge in [-0.25, -0.2) is 4.98 Å². The highest BCUT2D eigenvalue weighted by atomic mass is 35.5. The van der Waals surface area contributed by atoms with Gasteiger partial charge in [0.05, 0.1) is 12.5 Å². The number of thiophene rings is 1. The van der Waals surface area contributed by atoms with Crippen LogP contribution in [-0.4, -0.2) is 17.1 Å². The molecule has 0 radical (unpaired) electrons. The second kappa shape index (κ2) is 9.41. The second-order valence-corrected chi connectivity index (χ2v) is 9.52. The number of fused-ring (bicyclic) bond motifs is 3. The van der Waals surface area contributed by atoms with Gasteiger partial charge in [0.25, 0.3) is 5.56 Å². The zero-order valence-electron chi connectivity index (χ0n) is 18.2. The van der Waals surface area contributed by atoms with Crippen LogP contribution in [0.3, 0.4) is 0 Å². The van der Waals surface area contributed by atoms with E-state index in [2.05, 4.69) is 4.98 Å². The molecule has 2 heterocycles. The van der Waals surface area contributed by atoms with Crippen LogP contribution < -0.4 is 15.0 Å². The van der Waals surface area contributed by atoms with E-state index in [0.29, 0.717) is 29.0 Å². The van der Waals surface area contributed by atoms with Gasteiger partial charge in [0.15, 0.2) is 11.5 Å². The first-order valence-electron chi connectivity index (χ1n) is 10.9. The molecule has 0 unspecified atom stereocenters. The highest BCUT2D eigenvalue weighted by Gasteiger charge is 2.19. The number of benzene rings is 2. The summed E-state index contributed by atoms with van der Waals surface area (Å²) in [5.41, 5.74) is 3.08. The van der Waals surface area contributed by atoms with Crippen molar-refractivity contribution in [3.63, 3.8) is 0 Å². The average molecular weight is 479 g/mol. The van der Waals surface area contributed by atoms with Crippen LogP contribution >= 0.6 is 22.9 Å². The number of nitrogens with one attached hydrogen (secondary N) is 1. The van der Waals surface area contributed by atoms with Crippen LogP contribution in [0.1, 0.15) is 40.2 Å². The molecule has 0 amide bonds. The molecule has 33 heavy (non-hydrogen) atoms. The van der Waals surface area contributed by atoms with Crippen LogP contribution in [0.15, 0.2) is 47.3 Å². The number of rotatable bonds is 6. The Hall–Kier alpha value is -3.09. The highest BCUT2D eigenvalue weighted by Crippen LogP contribution is 2.34. The SMILES string of the molecule is COc1cc(/C=C/c2nc3sc4c(c3c(=O)[nH]2)CCCC4)ccc1OCc1ccc(Cl)cc1. The third kappa shape index (κ3) is 4.68. The largest absolute Gasteiger partial charge is 0.493 e. The van der Waals surface area contributed by atoms with Crippen LogP contribution in [-0.2, 0) is 19.4 Å². The molecule has 1 N–H and O–H groups in total. The van der Waals surface area contributed by atoms with Crippen molar-refractivity contribution in [1.82, 2.24) is 9.97 Å². The van der Waals surface area contributed by atoms with Crippen LogP contribution in [0.2, 0.25) is 5.02 Å². The number of methoxy groups -OCH3 is 1. The predicted octanol–water partition coefficient (Wildman–Crippen LogP) is 6.27. The third-order valence-electron chi connectivity index (χ3n) is 5.77. The highest BCUT2D eigenvalue weighted by molar-refractivity contribution is 7.18. The fourth-order valence-electron chi connectivity index (χ4n) is 4.08. The number of aromatic amines is 1. The molecule has 4 aromatic rings. The number of hydrogen-bond acceptors (Lipinski definition) is 5. The van der Waals surface area contributed by atoms with E-state index >= 15 is 0 Å². The summed E-state index contributed by atoms with van der Waals surface area (Å²) >= 11 is 7.59. The summed E-state index contributed by atoms with van der Waals surface area (Å²) in [4.78, 5) is 22.5. The first-order chi connectivity index (χ1) is 16.1. The summed E-state index contributed by atoms with van der Waals surface area (Å²) in [5, 5.41) is 1.47. The lowest BCUT2D eigenvalue weighted by molar-refractivity contribution is 0.284. The molecule has 7 heteroatoms. The van der Waals surface area contributed by atoms with Crippen LogP contribution in [0.4, 0.5) is 0 Å². The Morgan fingerprint density at radius 2 is 1.91 bits per heavy atom. The average Bonchev–Trinajstić information content (AvgIpc) is 3.21. The maximum Gasteiger partial charge on any atom is 0.260 e. The van der Waals surface area contributed by atoms with E-state index in [0.717, 1.165) is 40.6 Å². The summed E-state index contributed by atoms with van der Waals surface area (Å²) in [6.45, 7) is 0.415. The third-order valence-corrected chi connectivity index (χ3v) is 7.21. The van der Waals surface area contributed by atoms with E-state index in [4.69, 9.17) is 26.1 Å². The predicted molar refractivity (Wildman–Crippen MR) is 135 cm³/mol. The number of nitrogens with zero attached hydrogens (tertiary/aromatic N) is 1. The van der Waals surface area contributed by atoms with Gasteiger partial charge in [-0.2, -0.15) is 0 Å². The normalized spacial score (nSPS) is 13.4. The van der Waals surface area contributed by atoms with Crippen LogP contribution in [0, 0.1) is 0 Å². The van der Waals surface area contributed by atoms with E-state index in [1.54, 1.807) is 18.4 Å². The molecule has 1 aliphatic carbocycles. The van der Waals surface area contributed by atoms with E-state index in [-0.39, 0.29) is 5.56 Å². The lowest BCUT2D eigenvalue weighted by atomic mass is 9.97. The molecule has 0 spiro atoms. The molecule has 0 saturated heterocycles. The van der Waals surface area contributed by atoms with Crippen molar-refractivity contribution in [2.75, 3.05) is 7.11 Å². The Kier molecular flexibility index (Phi) is 6.20. The van der Waals surface area contributed by atoms with Gasteiger partial charge >= 0.3 is 0 Å². The van der Waals surface area contributed by atoms with Gasteiger partial charge in [-0.1, -0.05) is 35.9 Å². The summed E-state index contributed by atoms with van der Waals surface area (Å²) in [7, 11) is 1.61. The Labute approximate surface area is 200 Å². The van der Waals surface area contributed by atoms with Crippen molar-refractivity contribution in [1.29, 1.82) is 0 Å². The van der Waals surface area contributed by atoms with Crippen molar-refractivity contribution in [2.24, 2.45) is 0 Å². The van der Waals surface area contributed by atoms with Crippen molar-refractivity contribution in [3.8, 4) is 11.5 Å². The number of aryl methyl sites for hydroxylation is 2. The Morgan fingerprint density at radius 3 is 2.73 bits per heavy atom. The maximum absolute atomic E-state index is 12.7. The van der Waals surface area contributed by atoms with Gasteiger partial charge < -0.3 is 14.5 Å². The second-order valence-electron chi connectivity index (χ2n) is 8.00. The molecule has 0 fully saturated rings. The standard InChI is InChI=1S/C26H23ClN2O3S/c1-31-21-14-16(8-12-20(21)32-15-17-6-10-18(27)11-7-17)9-13-23-28-25(30)24-19-4-2-3-5-22(19)33-26(24)29-23/h6-14H,2-5,15H2,1H3,(H,28,29,30)/b13-9+. The molecule has 0 aliphatic heterocycles. The van der Waals surface area contributed by atoms with E-state index in [1.165, 1.54) is 16.9 Å². The lowest BCUT2D eigenvalue weighted by Gasteiger charge is -2.11. The number of hydrogen-bond donors (Lipinski definition) is 1. The topological polar surface area (TPSA) is 64.2 Å². The number of halogens is 1. The minimum atomic E-state index is -0.0532. The summed E-state index contributed by atoms with van der Waals surface area (Å²) < 4.78 is 11.4. The van der Waals surface area contributed by atoms with Gasteiger partial charge in [-0.3, -0.25) is 4.79 Å². The monoisotopic (exact) mass is 478 g/mol. The van der Waals surface area contributed by atoms with Crippen LogP contribution in [0.25, 0.3) is 22.4 Å². The maximum atomic E-state index is 12.7. The molecule has 0 atom stereocenters. The molecule has 5 rings (SSSR count). The summed E-state index contributed by atoms with van der Waals surface area (Å²) in [6.07, 6.45) is 8.08. The number of H-pyrrole nitrogens is 1. The van der Waals surface area contributed by atoms with E-state index in [9.17, 15) is 4.79 Å². The lowest BCUT2D eigenvalue weighted by Crippen LogP contribution is -2.11. The molecule has 0 bridgehead atoms. The summed E-state index contributed by atoms with van der Waals surface area (Å²) in [6, 6.07) is 13.3. The smallest absolute Gasteiger partial charge is 0.260 e. The molecule has 2 aromatic carbocycles. The minimum Gasteiger partial charge on any atom is -0.493 e. The Bertz CT molecular complexity index is 1390. The van der Waals surface area contributed by atoms with Crippen LogP contribution in [0.5, 0.6) is 11.5 Å². The zero-order chi connectivity index (χ0) is 22.8. The first-order valence-corrected chi connectivity index (χ1v) is 12.1. The Balaban J connectivity index is 1.35. The molecule has 5 nitrogen and oxygen atoms in total. The van der Waals surface area contributed by atoms with Crippen molar-refractivity contribution in [2.45, 2.75) is 32.3 Å². The van der Waals surface area contributed by atoms with Gasteiger partial charge in [0, 0.05) is 9.90 Å². The van der Waals surface area contributed by atoms with Crippen molar-refractivity contribution >= 4 is 45.3 Å². The van der Waals surface area contributed by atoms with Crippen molar-refractivity contribution < 1.29 is 9.47 Å². The Morgan fingerprint density at radius 1 is 1.09 bits per heavy atom. The molecule has 168 valence electrons. The van der Waals surface area contributed by atoms with E-state index in [1.807, 2.05) is 54.6 Å². The number of aromatic nitrogens is 2. The van der Waals surface area contributed by atoms with Gasteiger partial charge in [-0.05, 0) is 72.7 Å². The molecular weight excluding hydrogens is 456 g/mol. The van der Waals surface area contributed by atoms with E-state index < -0.39 is 0 Å². The minimum absolute atomic E-state index is 0.0532.